The number of carbonyl (C=O) groups is 1. The average molecular weight is 400 g/mol. The van der Waals surface area contributed by atoms with E-state index in [1.54, 1.807) is 6.20 Å². The predicted molar refractivity (Wildman–Crippen MR) is 110 cm³/mol. The van der Waals surface area contributed by atoms with E-state index in [2.05, 4.69) is 26.8 Å². The fourth-order valence-electron chi connectivity index (χ4n) is 3.71. The lowest BCUT2D eigenvalue weighted by Crippen LogP contribution is -2.40. The maximum atomic E-state index is 12.1. The van der Waals surface area contributed by atoms with Crippen LogP contribution >= 0.6 is 0 Å². The maximum absolute atomic E-state index is 12.1. The minimum atomic E-state index is -1.04. The molecule has 0 spiro atoms. The van der Waals surface area contributed by atoms with Gasteiger partial charge in [-0.05, 0) is 61.8 Å². The highest BCUT2D eigenvalue weighted by Gasteiger charge is 2.35. The number of urea groups is 1. The molecule has 148 valence electrons. The zero-order chi connectivity index (χ0) is 19.7. The number of amides is 2. The first kappa shape index (κ1) is 19.2. The van der Waals surface area contributed by atoms with E-state index in [4.69, 9.17) is 5.73 Å². The molecule has 2 aliphatic rings. The summed E-state index contributed by atoms with van der Waals surface area (Å²) >= 11 is -1.04. The van der Waals surface area contributed by atoms with Gasteiger partial charge in [0.2, 0.25) is 0 Å². The lowest BCUT2D eigenvalue weighted by molar-refractivity contribution is 0.253. The zero-order valence-electron chi connectivity index (χ0n) is 15.9. The predicted octanol–water partition coefficient (Wildman–Crippen LogP) is 2.70. The molecule has 2 aromatic heterocycles. The molecule has 2 aromatic rings. The Morgan fingerprint density at radius 3 is 2.86 bits per heavy atom. The van der Waals surface area contributed by atoms with Crippen molar-refractivity contribution in [2.24, 2.45) is 11.7 Å². The van der Waals surface area contributed by atoms with Crippen molar-refractivity contribution in [1.29, 1.82) is 0 Å². The van der Waals surface area contributed by atoms with Crippen LogP contribution in [0.2, 0.25) is 0 Å². The van der Waals surface area contributed by atoms with E-state index < -0.39 is 17.4 Å². The van der Waals surface area contributed by atoms with Crippen LogP contribution in [-0.4, -0.2) is 32.8 Å². The molecule has 1 aliphatic heterocycles. The van der Waals surface area contributed by atoms with Gasteiger partial charge in [0.05, 0.1) is 6.04 Å². The van der Waals surface area contributed by atoms with E-state index in [1.165, 1.54) is 4.90 Å². The van der Waals surface area contributed by atoms with Gasteiger partial charge in [0.15, 0.2) is 0 Å². The molecule has 0 radical (unpaired) electrons. The van der Waals surface area contributed by atoms with E-state index in [9.17, 15) is 9.35 Å². The van der Waals surface area contributed by atoms with E-state index in [1.807, 2.05) is 19.3 Å². The van der Waals surface area contributed by atoms with Crippen LogP contribution in [0.3, 0.4) is 0 Å². The number of anilines is 1. The van der Waals surface area contributed by atoms with Gasteiger partial charge in [-0.15, -0.1) is 4.72 Å². The maximum Gasteiger partial charge on any atom is 0.320 e. The van der Waals surface area contributed by atoms with Crippen molar-refractivity contribution in [1.82, 2.24) is 14.7 Å². The van der Waals surface area contributed by atoms with Crippen LogP contribution in [0.1, 0.15) is 43.4 Å². The number of nitrogens with two attached hydrogens (primary N) is 1. The first-order valence-corrected chi connectivity index (χ1v) is 11.0. The molecule has 0 saturated heterocycles. The molecule has 4 rings (SSSR count). The fourth-order valence-corrected chi connectivity index (χ4v) is 4.49. The molecule has 2 unspecified atom stereocenters. The topological polar surface area (TPSA) is 107 Å². The minimum Gasteiger partial charge on any atom is -0.598 e. The lowest BCUT2D eigenvalue weighted by atomic mass is 9.98. The van der Waals surface area contributed by atoms with Gasteiger partial charge in [-0.3, -0.25) is 9.88 Å². The summed E-state index contributed by atoms with van der Waals surface area (Å²) in [5, 5.41) is 0. The first-order chi connectivity index (χ1) is 13.6. The molecule has 1 fully saturated rings. The van der Waals surface area contributed by atoms with Crippen molar-refractivity contribution in [2.45, 2.75) is 38.6 Å². The van der Waals surface area contributed by atoms with Crippen molar-refractivity contribution in [3.05, 3.63) is 41.9 Å². The summed E-state index contributed by atoms with van der Waals surface area (Å²) in [6.07, 6.45) is 9.48. The number of aromatic nitrogens is 2. The van der Waals surface area contributed by atoms with Crippen molar-refractivity contribution in [3.63, 3.8) is 0 Å². The standard InChI is InChI=1S/C20H25N5O2S/c1-2-28(27)24-18(13-5-6-13)17-9-15(10-22-11-17)16-8-14-4-3-7-25(20(21)26)19(14)23-12-16/h8-13,18,24H,2-7H2,1H3,(H2,21,26). The average Bonchev–Trinajstić information content (AvgIpc) is 3.56. The number of fused-ring (bicyclic) bond motifs is 1. The normalized spacial score (nSPS) is 18.4. The van der Waals surface area contributed by atoms with E-state index in [0.29, 0.717) is 24.0 Å². The van der Waals surface area contributed by atoms with Crippen LogP contribution in [0.25, 0.3) is 11.1 Å². The quantitative estimate of drug-likeness (QED) is 0.726. The Bertz CT molecular complexity index is 873. The van der Waals surface area contributed by atoms with Gasteiger partial charge in [0.1, 0.15) is 11.6 Å². The van der Waals surface area contributed by atoms with E-state index in [-0.39, 0.29) is 6.04 Å². The summed E-state index contributed by atoms with van der Waals surface area (Å²) in [5.74, 6) is 1.75. The Kier molecular flexibility index (Phi) is 5.52. The molecule has 2 amide bonds. The molecule has 28 heavy (non-hydrogen) atoms. The van der Waals surface area contributed by atoms with Crippen LogP contribution in [-0.2, 0) is 17.8 Å². The third-order valence-electron chi connectivity index (χ3n) is 5.36. The second kappa shape index (κ2) is 8.06. The molecule has 1 aliphatic carbocycles. The van der Waals surface area contributed by atoms with Gasteiger partial charge in [-0.1, -0.05) is 0 Å². The van der Waals surface area contributed by atoms with Gasteiger partial charge >= 0.3 is 6.03 Å². The molecule has 7 nitrogen and oxygen atoms in total. The van der Waals surface area contributed by atoms with Crippen molar-refractivity contribution in [2.75, 3.05) is 17.2 Å². The fraction of sp³-hybridized carbons (Fsp3) is 0.450. The van der Waals surface area contributed by atoms with Gasteiger partial charge in [0.25, 0.3) is 0 Å². The number of aryl methyl sites for hydroxylation is 1. The molecule has 8 heteroatoms. The molecule has 3 heterocycles. The summed E-state index contributed by atoms with van der Waals surface area (Å²) in [4.78, 5) is 22.1. The Labute approximate surface area is 168 Å². The highest BCUT2D eigenvalue weighted by atomic mass is 32.2. The Morgan fingerprint density at radius 2 is 2.14 bits per heavy atom. The molecule has 0 bridgehead atoms. The number of nitrogens with one attached hydrogen (secondary N) is 1. The van der Waals surface area contributed by atoms with Gasteiger partial charge in [-0.25, -0.2) is 9.78 Å². The molecular formula is C20H25N5O2S. The van der Waals surface area contributed by atoms with Crippen LogP contribution in [0.15, 0.2) is 30.7 Å². The van der Waals surface area contributed by atoms with Crippen LogP contribution < -0.4 is 15.4 Å². The molecular weight excluding hydrogens is 374 g/mol. The Morgan fingerprint density at radius 1 is 1.36 bits per heavy atom. The molecule has 2 atom stereocenters. The number of hydrogen-bond acceptors (Lipinski definition) is 5. The number of hydrogen-bond donors (Lipinski definition) is 2. The highest BCUT2D eigenvalue weighted by molar-refractivity contribution is 7.89. The van der Waals surface area contributed by atoms with Gasteiger partial charge in [0, 0.05) is 47.6 Å². The SMILES string of the molecule is CC[S+]([O-])NC(c1cncc(-c2cnc3c(c2)CCCN3C(N)=O)c1)C1CC1. The number of primary amides is 1. The summed E-state index contributed by atoms with van der Waals surface area (Å²) < 4.78 is 15.3. The van der Waals surface area contributed by atoms with E-state index >= 15 is 0 Å². The zero-order valence-corrected chi connectivity index (χ0v) is 16.7. The Balaban J connectivity index is 1.63. The third-order valence-corrected chi connectivity index (χ3v) is 6.40. The highest BCUT2D eigenvalue weighted by Crippen LogP contribution is 2.42. The molecule has 3 N–H and O–H groups in total. The second-order valence-electron chi connectivity index (χ2n) is 7.37. The summed E-state index contributed by atoms with van der Waals surface area (Å²) in [7, 11) is 0. The van der Waals surface area contributed by atoms with Crippen molar-refractivity contribution >= 4 is 23.2 Å². The van der Waals surface area contributed by atoms with Crippen LogP contribution in [0.4, 0.5) is 10.6 Å². The molecule has 0 aromatic carbocycles. The van der Waals surface area contributed by atoms with Crippen molar-refractivity contribution < 1.29 is 9.35 Å². The van der Waals surface area contributed by atoms with Gasteiger partial charge in [-0.2, -0.15) is 0 Å². The smallest absolute Gasteiger partial charge is 0.320 e. The minimum absolute atomic E-state index is 0.0594. The number of nitrogens with zero attached hydrogens (tertiary/aromatic N) is 3. The van der Waals surface area contributed by atoms with Crippen LogP contribution in [0.5, 0.6) is 0 Å². The second-order valence-corrected chi connectivity index (χ2v) is 8.88. The number of carbonyl (C=O) groups excluding carboxylic acids is 1. The van der Waals surface area contributed by atoms with Crippen LogP contribution in [0, 0.1) is 5.92 Å². The molecule has 1 saturated carbocycles. The van der Waals surface area contributed by atoms with E-state index in [0.717, 1.165) is 47.9 Å². The summed E-state index contributed by atoms with van der Waals surface area (Å²) in [6.45, 7) is 2.52. The Hall–Kier alpha value is -2.16. The number of pyridine rings is 2. The largest absolute Gasteiger partial charge is 0.598 e. The summed E-state index contributed by atoms with van der Waals surface area (Å²) in [5.41, 5.74) is 9.49. The lowest BCUT2D eigenvalue weighted by Gasteiger charge is -2.27. The van der Waals surface area contributed by atoms with Gasteiger partial charge < -0.3 is 10.3 Å². The third kappa shape index (κ3) is 3.99. The number of rotatable bonds is 6. The van der Waals surface area contributed by atoms with Crippen molar-refractivity contribution in [3.8, 4) is 11.1 Å². The monoisotopic (exact) mass is 399 g/mol. The first-order valence-electron chi connectivity index (χ1n) is 9.72. The summed E-state index contributed by atoms with van der Waals surface area (Å²) in [6, 6.07) is 3.77.